The van der Waals surface area contributed by atoms with Gasteiger partial charge in [0.1, 0.15) is 9.81 Å². The second-order valence-electron chi connectivity index (χ2n) is 5.89. The summed E-state index contributed by atoms with van der Waals surface area (Å²) < 4.78 is 30.3. The zero-order valence-electron chi connectivity index (χ0n) is 13.2. The number of amides is 1. The molecule has 0 aliphatic carbocycles. The molecule has 5 nitrogen and oxygen atoms in total. The van der Waals surface area contributed by atoms with Crippen molar-refractivity contribution in [2.75, 3.05) is 0 Å². The fraction of sp³-hybridized carbons (Fsp3) is 0.312. The van der Waals surface area contributed by atoms with Gasteiger partial charge in [-0.1, -0.05) is 18.2 Å². The number of carbonyl (C=O) groups excluding carboxylic acids is 1. The predicted octanol–water partition coefficient (Wildman–Crippen LogP) is 3.61. The Balaban J connectivity index is 2.05. The van der Waals surface area contributed by atoms with E-state index in [4.69, 9.17) is 4.74 Å². The molecule has 1 heterocycles. The Morgan fingerprint density at radius 2 is 1.78 bits per heavy atom. The second-order valence-corrected chi connectivity index (χ2v) is 9.24. The third-order valence-corrected chi connectivity index (χ3v) is 6.11. The SMILES string of the molecule is CC(C)(C)OC(=O)NCc1ccc(S(=O)(=O)c2ccccc2)s1. The summed E-state index contributed by atoms with van der Waals surface area (Å²) in [5, 5.41) is 2.61. The Morgan fingerprint density at radius 3 is 2.39 bits per heavy atom. The van der Waals surface area contributed by atoms with Crippen LogP contribution in [0.3, 0.4) is 0 Å². The van der Waals surface area contributed by atoms with Gasteiger partial charge in [-0.2, -0.15) is 0 Å². The molecular formula is C16H19NO4S2. The Morgan fingerprint density at radius 1 is 1.13 bits per heavy atom. The number of alkyl carbamates (subject to hydrolysis) is 1. The summed E-state index contributed by atoms with van der Waals surface area (Å²) in [5.41, 5.74) is -0.568. The Hall–Kier alpha value is -1.86. The van der Waals surface area contributed by atoms with Gasteiger partial charge in [0.25, 0.3) is 0 Å². The summed E-state index contributed by atoms with van der Waals surface area (Å²) in [7, 11) is -3.51. The number of rotatable bonds is 4. The number of hydrogen-bond acceptors (Lipinski definition) is 5. The maximum absolute atomic E-state index is 12.5. The van der Waals surface area contributed by atoms with E-state index in [-0.39, 0.29) is 15.6 Å². The molecule has 0 bridgehead atoms. The van der Waals surface area contributed by atoms with Gasteiger partial charge in [0.15, 0.2) is 0 Å². The quantitative estimate of drug-likeness (QED) is 0.911. The predicted molar refractivity (Wildman–Crippen MR) is 89.3 cm³/mol. The van der Waals surface area contributed by atoms with E-state index >= 15 is 0 Å². The van der Waals surface area contributed by atoms with Crippen molar-refractivity contribution in [3.63, 3.8) is 0 Å². The number of nitrogens with one attached hydrogen (secondary N) is 1. The minimum Gasteiger partial charge on any atom is -0.444 e. The zero-order chi connectivity index (χ0) is 17.1. The standard InChI is InChI=1S/C16H19NO4S2/c1-16(2,3)21-15(18)17-11-12-9-10-14(22-12)23(19,20)13-7-5-4-6-8-13/h4-10H,11H2,1-3H3,(H,17,18). The Labute approximate surface area is 140 Å². The fourth-order valence-corrected chi connectivity index (χ4v) is 4.51. The molecule has 0 radical (unpaired) electrons. The molecule has 0 unspecified atom stereocenters. The average Bonchev–Trinajstić information content (AvgIpc) is 2.94. The second kappa shape index (κ2) is 6.72. The van der Waals surface area contributed by atoms with E-state index in [2.05, 4.69) is 5.32 Å². The van der Waals surface area contributed by atoms with Gasteiger partial charge in [-0.3, -0.25) is 0 Å². The van der Waals surface area contributed by atoms with Crippen molar-refractivity contribution >= 4 is 27.3 Å². The molecule has 1 aromatic heterocycles. The molecule has 7 heteroatoms. The van der Waals surface area contributed by atoms with Crippen LogP contribution in [0.25, 0.3) is 0 Å². The van der Waals surface area contributed by atoms with Crippen LogP contribution in [-0.4, -0.2) is 20.1 Å². The number of benzene rings is 1. The molecule has 0 saturated heterocycles. The molecule has 0 saturated carbocycles. The van der Waals surface area contributed by atoms with Gasteiger partial charge >= 0.3 is 6.09 Å². The van der Waals surface area contributed by atoms with Crippen LogP contribution in [0.2, 0.25) is 0 Å². The van der Waals surface area contributed by atoms with Gasteiger partial charge in [0.05, 0.1) is 11.4 Å². The molecular weight excluding hydrogens is 334 g/mol. The number of thiophene rings is 1. The van der Waals surface area contributed by atoms with Crippen molar-refractivity contribution in [1.82, 2.24) is 5.32 Å². The van der Waals surface area contributed by atoms with Crippen LogP contribution in [0.1, 0.15) is 25.6 Å². The van der Waals surface area contributed by atoms with Gasteiger partial charge in [-0.25, -0.2) is 13.2 Å². The van der Waals surface area contributed by atoms with E-state index < -0.39 is 21.5 Å². The first-order chi connectivity index (χ1) is 10.7. The molecule has 0 spiro atoms. The fourth-order valence-electron chi connectivity index (χ4n) is 1.79. The van der Waals surface area contributed by atoms with Crippen LogP contribution in [0, 0.1) is 0 Å². The first-order valence-electron chi connectivity index (χ1n) is 7.04. The lowest BCUT2D eigenvalue weighted by molar-refractivity contribution is 0.0524. The maximum Gasteiger partial charge on any atom is 0.407 e. The highest BCUT2D eigenvalue weighted by Gasteiger charge is 2.20. The van der Waals surface area contributed by atoms with Gasteiger partial charge in [-0.15, -0.1) is 11.3 Å². The molecule has 0 atom stereocenters. The molecule has 2 aromatic rings. The molecule has 0 fully saturated rings. The minimum absolute atomic E-state index is 0.226. The Bertz CT molecular complexity index is 774. The lowest BCUT2D eigenvalue weighted by Gasteiger charge is -2.19. The van der Waals surface area contributed by atoms with Gasteiger partial charge in [-0.05, 0) is 45.0 Å². The third kappa shape index (κ3) is 4.80. The molecule has 0 aliphatic rings. The van der Waals surface area contributed by atoms with Crippen molar-refractivity contribution in [1.29, 1.82) is 0 Å². The van der Waals surface area contributed by atoms with Crippen LogP contribution < -0.4 is 5.32 Å². The highest BCUT2D eigenvalue weighted by molar-refractivity contribution is 7.93. The Kier molecular flexibility index (Phi) is 5.11. The van der Waals surface area contributed by atoms with Gasteiger partial charge < -0.3 is 10.1 Å². The largest absolute Gasteiger partial charge is 0.444 e. The van der Waals surface area contributed by atoms with E-state index in [1.165, 1.54) is 0 Å². The summed E-state index contributed by atoms with van der Waals surface area (Å²) in [6.07, 6.45) is -0.529. The average molecular weight is 353 g/mol. The van der Waals surface area contributed by atoms with Crippen LogP contribution in [0.15, 0.2) is 51.6 Å². The number of hydrogen-bond donors (Lipinski definition) is 1. The lowest BCUT2D eigenvalue weighted by atomic mass is 10.2. The van der Waals surface area contributed by atoms with E-state index in [1.54, 1.807) is 63.2 Å². The molecule has 1 amide bonds. The summed E-state index contributed by atoms with van der Waals surface area (Å²) in [6.45, 7) is 5.57. The van der Waals surface area contributed by atoms with Crippen LogP contribution in [0.5, 0.6) is 0 Å². The smallest absolute Gasteiger partial charge is 0.407 e. The highest BCUT2D eigenvalue weighted by Crippen LogP contribution is 2.27. The molecule has 2 rings (SSSR count). The maximum atomic E-state index is 12.5. The van der Waals surface area contributed by atoms with Gasteiger partial charge in [0.2, 0.25) is 9.84 Å². The van der Waals surface area contributed by atoms with Crippen molar-refractivity contribution in [2.45, 2.75) is 42.0 Å². The van der Waals surface area contributed by atoms with Crippen molar-refractivity contribution < 1.29 is 17.9 Å². The van der Waals surface area contributed by atoms with E-state index in [1.807, 2.05) is 0 Å². The van der Waals surface area contributed by atoms with Crippen molar-refractivity contribution in [2.24, 2.45) is 0 Å². The van der Waals surface area contributed by atoms with Crippen molar-refractivity contribution in [3.8, 4) is 0 Å². The zero-order valence-corrected chi connectivity index (χ0v) is 14.8. The number of sulfone groups is 1. The molecule has 23 heavy (non-hydrogen) atoms. The van der Waals surface area contributed by atoms with E-state index in [0.717, 1.165) is 16.2 Å². The van der Waals surface area contributed by atoms with Crippen LogP contribution in [0.4, 0.5) is 4.79 Å². The molecule has 1 N–H and O–H groups in total. The summed E-state index contributed by atoms with van der Waals surface area (Å²) in [6, 6.07) is 11.5. The molecule has 124 valence electrons. The van der Waals surface area contributed by atoms with Gasteiger partial charge in [0, 0.05) is 4.88 Å². The number of carbonyl (C=O) groups is 1. The summed E-state index contributed by atoms with van der Waals surface area (Å²) in [4.78, 5) is 12.6. The monoisotopic (exact) mass is 353 g/mol. The van der Waals surface area contributed by atoms with Crippen molar-refractivity contribution in [3.05, 3.63) is 47.3 Å². The lowest BCUT2D eigenvalue weighted by Crippen LogP contribution is -2.31. The van der Waals surface area contributed by atoms with E-state index in [0.29, 0.717) is 0 Å². The summed E-state index contributed by atoms with van der Waals surface area (Å²) in [5.74, 6) is 0. The first-order valence-corrected chi connectivity index (χ1v) is 9.34. The molecule has 1 aromatic carbocycles. The highest BCUT2D eigenvalue weighted by atomic mass is 32.2. The third-order valence-electron chi connectivity index (χ3n) is 2.76. The van der Waals surface area contributed by atoms with Crippen LogP contribution >= 0.6 is 11.3 Å². The topological polar surface area (TPSA) is 72.5 Å². The number of ether oxygens (including phenoxy) is 1. The normalized spacial score (nSPS) is 12.0. The first kappa shape index (κ1) is 17.5. The van der Waals surface area contributed by atoms with Crippen LogP contribution in [-0.2, 0) is 21.1 Å². The summed E-state index contributed by atoms with van der Waals surface area (Å²) >= 11 is 1.14. The minimum atomic E-state index is -3.51. The molecule has 0 aliphatic heterocycles. The van der Waals surface area contributed by atoms with E-state index in [9.17, 15) is 13.2 Å².